The van der Waals surface area contributed by atoms with Crippen LogP contribution in [0.3, 0.4) is 0 Å². The number of carbonyl (C=O) groups is 1. The van der Waals surface area contributed by atoms with Gasteiger partial charge in [-0.25, -0.2) is 4.39 Å². The Morgan fingerprint density at radius 2 is 2.16 bits per heavy atom. The molecule has 4 heteroatoms. The highest BCUT2D eigenvalue weighted by molar-refractivity contribution is 5.94. The number of aliphatic hydroxyl groups excluding tert-OH is 1. The Kier molecular flexibility index (Phi) is 3.05. The summed E-state index contributed by atoms with van der Waals surface area (Å²) in [4.78, 5) is 14.1. The number of likely N-dealkylation sites (tertiary alicyclic amines) is 1. The molecule has 2 fully saturated rings. The molecule has 1 saturated heterocycles. The van der Waals surface area contributed by atoms with Crippen LogP contribution in [0, 0.1) is 24.6 Å². The van der Waals surface area contributed by atoms with E-state index in [0.717, 1.165) is 12.8 Å². The molecular formula is C15H18FNO2. The zero-order chi connectivity index (χ0) is 13.6. The fraction of sp³-hybridized carbons (Fsp3) is 0.533. The van der Waals surface area contributed by atoms with Gasteiger partial charge in [0.25, 0.3) is 5.91 Å². The smallest absolute Gasteiger partial charge is 0.253 e. The van der Waals surface area contributed by atoms with Crippen LogP contribution in [0.4, 0.5) is 4.39 Å². The van der Waals surface area contributed by atoms with E-state index in [4.69, 9.17) is 0 Å². The number of benzene rings is 1. The van der Waals surface area contributed by atoms with E-state index in [-0.39, 0.29) is 23.7 Å². The van der Waals surface area contributed by atoms with Crippen molar-refractivity contribution in [3.63, 3.8) is 0 Å². The van der Waals surface area contributed by atoms with E-state index in [9.17, 15) is 14.3 Å². The van der Waals surface area contributed by atoms with Crippen molar-refractivity contribution in [1.82, 2.24) is 4.90 Å². The lowest BCUT2D eigenvalue weighted by Crippen LogP contribution is -2.31. The molecule has 0 spiro atoms. The minimum Gasteiger partial charge on any atom is -0.393 e. The number of hydrogen-bond acceptors (Lipinski definition) is 2. The molecule has 1 saturated carbocycles. The summed E-state index contributed by atoms with van der Waals surface area (Å²) >= 11 is 0. The summed E-state index contributed by atoms with van der Waals surface area (Å²) < 4.78 is 13.5. The number of aliphatic hydroxyl groups is 1. The first-order chi connectivity index (χ1) is 9.06. The van der Waals surface area contributed by atoms with Crippen molar-refractivity contribution >= 4 is 5.91 Å². The summed E-state index contributed by atoms with van der Waals surface area (Å²) in [6, 6.07) is 4.61. The van der Waals surface area contributed by atoms with E-state index in [2.05, 4.69) is 0 Å². The van der Waals surface area contributed by atoms with E-state index in [1.807, 2.05) is 0 Å². The topological polar surface area (TPSA) is 40.5 Å². The Morgan fingerprint density at radius 3 is 2.84 bits per heavy atom. The highest BCUT2D eigenvalue weighted by atomic mass is 19.1. The van der Waals surface area contributed by atoms with Crippen LogP contribution in [0.1, 0.15) is 28.8 Å². The first-order valence-corrected chi connectivity index (χ1v) is 6.80. The molecule has 3 rings (SSSR count). The predicted molar refractivity (Wildman–Crippen MR) is 69.3 cm³/mol. The molecule has 1 aromatic rings. The quantitative estimate of drug-likeness (QED) is 0.841. The predicted octanol–water partition coefficient (Wildman–Crippen LogP) is 1.98. The molecule has 3 nitrogen and oxygen atoms in total. The summed E-state index contributed by atoms with van der Waals surface area (Å²) in [6.45, 7) is 2.97. The van der Waals surface area contributed by atoms with E-state index in [1.54, 1.807) is 24.0 Å². The standard InChI is InChI=1S/C15H18FNO2/c1-9-2-3-10(6-13(9)16)15(19)17-7-11-4-5-14(18)12(11)8-17/h2-3,6,11-12,14,18H,4-5,7-8H2,1H3. The van der Waals surface area contributed by atoms with Gasteiger partial charge in [-0.1, -0.05) is 6.07 Å². The number of hydrogen-bond donors (Lipinski definition) is 1. The molecule has 1 heterocycles. The molecule has 0 aromatic heterocycles. The highest BCUT2D eigenvalue weighted by Crippen LogP contribution is 2.38. The maximum absolute atomic E-state index is 13.5. The summed E-state index contributed by atoms with van der Waals surface area (Å²) in [5.41, 5.74) is 0.947. The maximum Gasteiger partial charge on any atom is 0.253 e. The Balaban J connectivity index is 1.76. The molecular weight excluding hydrogens is 245 g/mol. The van der Waals surface area contributed by atoms with Crippen molar-refractivity contribution in [2.75, 3.05) is 13.1 Å². The van der Waals surface area contributed by atoms with Gasteiger partial charge in [0.15, 0.2) is 0 Å². The van der Waals surface area contributed by atoms with Crippen molar-refractivity contribution in [3.05, 3.63) is 35.1 Å². The zero-order valence-electron chi connectivity index (χ0n) is 11.0. The van der Waals surface area contributed by atoms with Gasteiger partial charge in [-0.2, -0.15) is 0 Å². The second kappa shape index (κ2) is 4.60. The van der Waals surface area contributed by atoms with Gasteiger partial charge in [-0.3, -0.25) is 4.79 Å². The van der Waals surface area contributed by atoms with Gasteiger partial charge >= 0.3 is 0 Å². The van der Waals surface area contributed by atoms with Gasteiger partial charge in [0.2, 0.25) is 0 Å². The number of amides is 1. The van der Waals surface area contributed by atoms with Gasteiger partial charge in [0.1, 0.15) is 5.82 Å². The number of carbonyl (C=O) groups excluding carboxylic acids is 1. The van der Waals surface area contributed by atoms with Crippen LogP contribution >= 0.6 is 0 Å². The van der Waals surface area contributed by atoms with Crippen LogP contribution < -0.4 is 0 Å². The molecule has 1 aromatic carbocycles. The summed E-state index contributed by atoms with van der Waals surface area (Å²) in [5.74, 6) is 0.152. The average molecular weight is 263 g/mol. The third-order valence-corrected chi connectivity index (χ3v) is 4.53. The summed E-state index contributed by atoms with van der Waals surface area (Å²) in [5, 5.41) is 9.85. The summed E-state index contributed by atoms with van der Waals surface area (Å²) in [6.07, 6.45) is 1.55. The van der Waals surface area contributed by atoms with Gasteiger partial charge in [0.05, 0.1) is 6.10 Å². The fourth-order valence-corrected chi connectivity index (χ4v) is 3.31. The van der Waals surface area contributed by atoms with E-state index < -0.39 is 0 Å². The molecule has 0 bridgehead atoms. The van der Waals surface area contributed by atoms with Crippen LogP contribution in [0.2, 0.25) is 0 Å². The lowest BCUT2D eigenvalue weighted by Gasteiger charge is -2.18. The number of nitrogens with zero attached hydrogens (tertiary/aromatic N) is 1. The number of fused-ring (bicyclic) bond motifs is 1. The van der Waals surface area contributed by atoms with E-state index in [1.165, 1.54) is 6.07 Å². The number of rotatable bonds is 1. The second-order valence-corrected chi connectivity index (χ2v) is 5.74. The minimum atomic E-state index is -0.342. The molecule has 0 radical (unpaired) electrons. The normalized spacial score (nSPS) is 29.6. The van der Waals surface area contributed by atoms with Crippen molar-refractivity contribution in [2.45, 2.75) is 25.9 Å². The van der Waals surface area contributed by atoms with Crippen LogP contribution in [-0.2, 0) is 0 Å². The van der Waals surface area contributed by atoms with Crippen molar-refractivity contribution < 1.29 is 14.3 Å². The van der Waals surface area contributed by atoms with Gasteiger partial charge in [0, 0.05) is 24.6 Å². The van der Waals surface area contributed by atoms with Gasteiger partial charge < -0.3 is 10.0 Å². The highest BCUT2D eigenvalue weighted by Gasteiger charge is 2.43. The Labute approximate surface area is 112 Å². The van der Waals surface area contributed by atoms with Crippen LogP contribution in [0.15, 0.2) is 18.2 Å². The molecule has 1 amide bonds. The molecule has 1 N–H and O–H groups in total. The number of aryl methyl sites for hydroxylation is 1. The lowest BCUT2D eigenvalue weighted by molar-refractivity contribution is 0.0752. The maximum atomic E-state index is 13.5. The van der Waals surface area contributed by atoms with Crippen molar-refractivity contribution in [3.8, 4) is 0 Å². The zero-order valence-corrected chi connectivity index (χ0v) is 11.0. The first kappa shape index (κ1) is 12.6. The molecule has 2 aliphatic rings. The second-order valence-electron chi connectivity index (χ2n) is 5.74. The SMILES string of the molecule is Cc1ccc(C(=O)N2CC3CCC(O)C3C2)cc1F. The van der Waals surface area contributed by atoms with Crippen molar-refractivity contribution in [2.24, 2.45) is 11.8 Å². The Bertz CT molecular complexity index is 517. The Morgan fingerprint density at radius 1 is 1.37 bits per heavy atom. The van der Waals surface area contributed by atoms with Gasteiger partial charge in [-0.15, -0.1) is 0 Å². The third kappa shape index (κ3) is 2.14. The average Bonchev–Trinajstić information content (AvgIpc) is 2.95. The molecule has 102 valence electrons. The summed E-state index contributed by atoms with van der Waals surface area (Å²) in [7, 11) is 0. The molecule has 19 heavy (non-hydrogen) atoms. The van der Waals surface area contributed by atoms with Crippen molar-refractivity contribution in [1.29, 1.82) is 0 Å². The molecule has 1 aliphatic heterocycles. The number of halogens is 1. The minimum absolute atomic E-state index is 0.125. The van der Waals surface area contributed by atoms with E-state index in [0.29, 0.717) is 30.1 Å². The Hall–Kier alpha value is -1.42. The van der Waals surface area contributed by atoms with Crippen LogP contribution in [0.5, 0.6) is 0 Å². The van der Waals surface area contributed by atoms with Crippen LogP contribution in [0.25, 0.3) is 0 Å². The van der Waals surface area contributed by atoms with Gasteiger partial charge in [-0.05, 0) is 43.4 Å². The van der Waals surface area contributed by atoms with E-state index >= 15 is 0 Å². The largest absolute Gasteiger partial charge is 0.393 e. The fourth-order valence-electron chi connectivity index (χ4n) is 3.31. The third-order valence-electron chi connectivity index (χ3n) is 4.53. The monoisotopic (exact) mass is 263 g/mol. The molecule has 3 atom stereocenters. The van der Waals surface area contributed by atoms with Crippen LogP contribution in [-0.4, -0.2) is 35.1 Å². The first-order valence-electron chi connectivity index (χ1n) is 6.80. The molecule has 3 unspecified atom stereocenters. The lowest BCUT2D eigenvalue weighted by atomic mass is 10.00. The molecule has 1 aliphatic carbocycles.